The highest BCUT2D eigenvalue weighted by Crippen LogP contribution is 2.63. The fourth-order valence-corrected chi connectivity index (χ4v) is 11.3. The van der Waals surface area contributed by atoms with E-state index in [1.807, 2.05) is 0 Å². The molecule has 0 saturated heterocycles. The van der Waals surface area contributed by atoms with Gasteiger partial charge in [0.1, 0.15) is 5.69 Å². The lowest BCUT2D eigenvalue weighted by Gasteiger charge is -2.30. The molecule has 14 rings (SSSR count). The van der Waals surface area contributed by atoms with Crippen molar-refractivity contribution in [3.05, 3.63) is 265 Å². The summed E-state index contributed by atoms with van der Waals surface area (Å²) in [6, 6.07) is 87.2. The largest absolute Gasteiger partial charge is 0.231 e. The number of nitrogens with zero attached hydrogens (tertiary/aromatic N) is 4. The molecule has 2 aliphatic carbocycles. The van der Waals surface area contributed by atoms with Crippen molar-refractivity contribution in [2.75, 3.05) is 0 Å². The highest BCUT2D eigenvalue weighted by Gasteiger charge is 2.51. The van der Waals surface area contributed by atoms with Gasteiger partial charge in [0.25, 0.3) is 0 Å². The lowest BCUT2D eigenvalue weighted by molar-refractivity contribution is 0.794. The molecule has 9 aromatic carbocycles. The molecule has 0 atom stereocenters. The predicted octanol–water partition coefficient (Wildman–Crippen LogP) is 15.6. The Morgan fingerprint density at radius 1 is 0.338 bits per heavy atom. The summed E-state index contributed by atoms with van der Waals surface area (Å²) in [6.45, 7) is 0. The molecule has 0 amide bonds. The van der Waals surface area contributed by atoms with Crippen LogP contribution in [0.5, 0.6) is 0 Å². The van der Waals surface area contributed by atoms with Crippen LogP contribution in [0.4, 0.5) is 0 Å². The second-order valence-electron chi connectivity index (χ2n) is 17.9. The molecule has 68 heavy (non-hydrogen) atoms. The Balaban J connectivity index is 0.978. The van der Waals surface area contributed by atoms with Crippen LogP contribution in [-0.4, -0.2) is 19.6 Å². The van der Waals surface area contributed by atoms with Crippen molar-refractivity contribution in [2.45, 2.75) is 5.41 Å². The van der Waals surface area contributed by atoms with E-state index in [1.54, 1.807) is 0 Å². The molecular formula is C64H40N4. The molecule has 0 saturated carbocycles. The smallest absolute Gasteiger partial charge is 0.160 e. The van der Waals surface area contributed by atoms with Gasteiger partial charge in [0, 0.05) is 38.8 Å². The van der Waals surface area contributed by atoms with E-state index in [0.717, 1.165) is 72.6 Å². The Kier molecular flexibility index (Phi) is 8.46. The molecular weight excluding hydrogens is 825 g/mol. The SMILES string of the molecule is c1ccc(-c2cc(-c3cccc(-c4nn5c(-c6ccccc6)cc6ccccc6c5c4-c4ccccc4)c3)nc(-c3ccc4c(c3)C3(c5ccccc5-c5ccccc53)c3ccccc3-4)n2)cc1. The lowest BCUT2D eigenvalue weighted by Crippen LogP contribution is -2.25. The summed E-state index contributed by atoms with van der Waals surface area (Å²) in [5, 5.41) is 7.87. The summed E-state index contributed by atoms with van der Waals surface area (Å²) in [5.41, 5.74) is 21.8. The predicted molar refractivity (Wildman–Crippen MR) is 277 cm³/mol. The number of benzene rings is 9. The Hall–Kier alpha value is -8.99. The zero-order valence-corrected chi connectivity index (χ0v) is 36.9. The van der Waals surface area contributed by atoms with Crippen LogP contribution in [0.25, 0.3) is 106 Å². The Morgan fingerprint density at radius 3 is 1.51 bits per heavy atom. The van der Waals surface area contributed by atoms with Crippen LogP contribution >= 0.6 is 0 Å². The molecule has 0 aliphatic heterocycles. The van der Waals surface area contributed by atoms with Crippen LogP contribution in [0.2, 0.25) is 0 Å². The Morgan fingerprint density at radius 2 is 0.853 bits per heavy atom. The minimum atomic E-state index is -0.473. The molecule has 2 aliphatic rings. The maximum Gasteiger partial charge on any atom is 0.160 e. The van der Waals surface area contributed by atoms with E-state index in [4.69, 9.17) is 15.1 Å². The number of hydrogen-bond donors (Lipinski definition) is 0. The van der Waals surface area contributed by atoms with E-state index >= 15 is 0 Å². The van der Waals surface area contributed by atoms with E-state index in [2.05, 4.69) is 247 Å². The van der Waals surface area contributed by atoms with Crippen molar-refractivity contribution in [2.24, 2.45) is 0 Å². The summed E-state index contributed by atoms with van der Waals surface area (Å²) in [5.74, 6) is 0.678. The van der Waals surface area contributed by atoms with Crippen molar-refractivity contribution in [3.63, 3.8) is 0 Å². The first-order valence-electron chi connectivity index (χ1n) is 23.3. The first-order valence-corrected chi connectivity index (χ1v) is 23.3. The summed E-state index contributed by atoms with van der Waals surface area (Å²) in [7, 11) is 0. The normalized spacial score (nSPS) is 12.8. The van der Waals surface area contributed by atoms with Gasteiger partial charge in [0.05, 0.1) is 28.0 Å². The maximum absolute atomic E-state index is 5.55. The first kappa shape index (κ1) is 38.3. The van der Waals surface area contributed by atoms with E-state index in [9.17, 15) is 0 Å². The van der Waals surface area contributed by atoms with E-state index in [0.29, 0.717) is 5.82 Å². The van der Waals surface area contributed by atoms with Crippen LogP contribution in [0.1, 0.15) is 22.3 Å². The summed E-state index contributed by atoms with van der Waals surface area (Å²) in [4.78, 5) is 10.9. The minimum Gasteiger partial charge on any atom is -0.231 e. The third-order valence-electron chi connectivity index (χ3n) is 14.2. The quantitative estimate of drug-likeness (QED) is 0.167. The second kappa shape index (κ2) is 15.0. The average Bonchev–Trinajstić information content (AvgIpc) is 4.07. The molecule has 0 radical (unpaired) electrons. The van der Waals surface area contributed by atoms with Gasteiger partial charge in [0.15, 0.2) is 5.82 Å². The number of fused-ring (bicyclic) bond motifs is 13. The maximum atomic E-state index is 5.55. The number of pyridine rings is 1. The monoisotopic (exact) mass is 864 g/mol. The molecule has 3 aromatic heterocycles. The minimum absolute atomic E-state index is 0.473. The van der Waals surface area contributed by atoms with Gasteiger partial charge in [-0.2, -0.15) is 5.10 Å². The van der Waals surface area contributed by atoms with Crippen LogP contribution < -0.4 is 0 Å². The molecule has 0 fully saturated rings. The van der Waals surface area contributed by atoms with E-state index in [1.165, 1.54) is 49.9 Å². The molecule has 12 aromatic rings. The first-order chi connectivity index (χ1) is 33.7. The molecule has 4 nitrogen and oxygen atoms in total. The van der Waals surface area contributed by atoms with Gasteiger partial charge in [-0.1, -0.05) is 218 Å². The number of rotatable bonds is 6. The van der Waals surface area contributed by atoms with Crippen molar-refractivity contribution >= 4 is 16.3 Å². The molecule has 0 N–H and O–H groups in total. The van der Waals surface area contributed by atoms with Crippen molar-refractivity contribution in [3.8, 4) is 89.8 Å². The van der Waals surface area contributed by atoms with Crippen molar-refractivity contribution in [1.82, 2.24) is 19.6 Å². The summed E-state index contributed by atoms with van der Waals surface area (Å²) in [6.07, 6.45) is 0. The Labute approximate surface area is 394 Å². The highest BCUT2D eigenvalue weighted by atomic mass is 15.2. The standard InChI is InChI=1S/C64H40N4/c1-4-19-41(20-5-1)57-40-58(66-63(65-57)47-35-36-52-51-31-14-17-34-55(51)64(56(52)38-47)53-32-15-12-29-49(53)50-30-13-16-33-54(50)64)45-26-18-27-46(37-45)61-60(43-23-8-3-9-24-43)62-48-28-11-10-25-44(48)39-59(68(62)67-61)42-21-6-2-7-22-42/h1-40H. The van der Waals surface area contributed by atoms with E-state index in [-0.39, 0.29) is 0 Å². The van der Waals surface area contributed by atoms with Gasteiger partial charge in [-0.15, -0.1) is 0 Å². The zero-order chi connectivity index (χ0) is 44.8. The summed E-state index contributed by atoms with van der Waals surface area (Å²) >= 11 is 0. The van der Waals surface area contributed by atoms with Gasteiger partial charge in [-0.25, -0.2) is 14.5 Å². The van der Waals surface area contributed by atoms with Crippen LogP contribution in [0, 0.1) is 0 Å². The fraction of sp³-hybridized carbons (Fsp3) is 0.0156. The molecule has 316 valence electrons. The molecule has 3 heterocycles. The van der Waals surface area contributed by atoms with Crippen molar-refractivity contribution < 1.29 is 0 Å². The zero-order valence-electron chi connectivity index (χ0n) is 36.9. The van der Waals surface area contributed by atoms with Gasteiger partial charge in [0.2, 0.25) is 0 Å². The third kappa shape index (κ3) is 5.64. The second-order valence-corrected chi connectivity index (χ2v) is 17.9. The topological polar surface area (TPSA) is 43.1 Å². The van der Waals surface area contributed by atoms with Gasteiger partial charge in [-0.3, -0.25) is 0 Å². The van der Waals surface area contributed by atoms with Crippen LogP contribution in [-0.2, 0) is 5.41 Å². The molecule has 0 bridgehead atoms. The highest BCUT2D eigenvalue weighted by molar-refractivity contribution is 6.09. The molecule has 0 unspecified atom stereocenters. The van der Waals surface area contributed by atoms with Crippen LogP contribution in [0.3, 0.4) is 0 Å². The van der Waals surface area contributed by atoms with E-state index < -0.39 is 5.41 Å². The molecule has 4 heteroatoms. The number of aromatic nitrogens is 4. The molecule has 1 spiro atoms. The lowest BCUT2D eigenvalue weighted by atomic mass is 9.70. The van der Waals surface area contributed by atoms with Gasteiger partial charge >= 0.3 is 0 Å². The average molecular weight is 865 g/mol. The fourth-order valence-electron chi connectivity index (χ4n) is 11.3. The number of hydrogen-bond acceptors (Lipinski definition) is 3. The van der Waals surface area contributed by atoms with Gasteiger partial charge in [-0.05, 0) is 79.7 Å². The Bertz CT molecular complexity index is 3900. The summed E-state index contributed by atoms with van der Waals surface area (Å²) < 4.78 is 2.15. The third-order valence-corrected chi connectivity index (χ3v) is 14.2. The van der Waals surface area contributed by atoms with Crippen molar-refractivity contribution in [1.29, 1.82) is 0 Å². The van der Waals surface area contributed by atoms with Crippen LogP contribution in [0.15, 0.2) is 243 Å². The van der Waals surface area contributed by atoms with Gasteiger partial charge < -0.3 is 0 Å².